The zero-order valence-corrected chi connectivity index (χ0v) is 24.7. The Morgan fingerprint density at radius 2 is 1.81 bits per heavy atom. The van der Waals surface area contributed by atoms with Gasteiger partial charge in [0, 0.05) is 42.1 Å². The normalized spacial score (nSPS) is 16.8. The van der Waals surface area contributed by atoms with Crippen molar-refractivity contribution in [2.24, 2.45) is 5.92 Å². The maximum absolute atomic E-state index is 14.7. The minimum absolute atomic E-state index is 0.00166. The summed E-state index contributed by atoms with van der Waals surface area (Å²) in [4.78, 5) is 31.4. The monoisotopic (exact) mass is 613 g/mol. The van der Waals surface area contributed by atoms with Gasteiger partial charge in [-0.05, 0) is 74.4 Å². The Hall–Kier alpha value is -3.76. The number of carbonyl (C=O) groups excluding carboxylic acids is 1. The summed E-state index contributed by atoms with van der Waals surface area (Å²) in [6.45, 7) is 2.43. The summed E-state index contributed by atoms with van der Waals surface area (Å²) in [6.07, 6.45) is 3.41. The van der Waals surface area contributed by atoms with Crippen LogP contribution in [0.1, 0.15) is 46.6 Å². The topological polar surface area (TPSA) is 91.8 Å². The number of methoxy groups -OCH3 is 1. The summed E-state index contributed by atoms with van der Waals surface area (Å²) >= 11 is 7.39. The second-order valence-electron chi connectivity index (χ2n) is 10.5. The number of pyridine rings is 1. The highest BCUT2D eigenvalue weighted by molar-refractivity contribution is 7.21. The molecule has 0 bridgehead atoms. The smallest absolute Gasteiger partial charge is 0.404 e. The van der Waals surface area contributed by atoms with Gasteiger partial charge in [-0.1, -0.05) is 23.7 Å². The standard InChI is InChI=1S/C31H30ClF2N3O4S/c1-17-3-6-20(15-35-17)19-7-12-25(41-2)21(13-19)16-37(22-8-4-18(5-9-22)14-36-31(39)40)30(38)29-27(32)26-23(33)10-11-24(34)28(26)42-29/h3,6-7,10-13,15,18,22,36H,4-5,8-9,14,16H2,1-2H3,(H,39,40). The van der Waals surface area contributed by atoms with Crippen LogP contribution in [-0.4, -0.2) is 46.7 Å². The number of nitrogens with zero attached hydrogens (tertiary/aromatic N) is 2. The molecule has 0 spiro atoms. The van der Waals surface area contributed by atoms with E-state index in [1.807, 2.05) is 37.3 Å². The third-order valence-corrected chi connectivity index (χ3v) is 9.48. The van der Waals surface area contributed by atoms with Gasteiger partial charge >= 0.3 is 6.09 Å². The number of halogens is 3. The van der Waals surface area contributed by atoms with Gasteiger partial charge in [0.25, 0.3) is 5.91 Å². The molecule has 1 fully saturated rings. The lowest BCUT2D eigenvalue weighted by Crippen LogP contribution is -2.43. The number of nitrogens with one attached hydrogen (secondary N) is 1. The van der Waals surface area contributed by atoms with Crippen molar-refractivity contribution in [3.05, 3.63) is 81.5 Å². The molecule has 2 aromatic heterocycles. The number of amides is 2. The van der Waals surface area contributed by atoms with Crippen LogP contribution in [0.15, 0.2) is 48.7 Å². The quantitative estimate of drug-likeness (QED) is 0.213. The molecule has 42 heavy (non-hydrogen) atoms. The van der Waals surface area contributed by atoms with Gasteiger partial charge in [-0.25, -0.2) is 13.6 Å². The Balaban J connectivity index is 1.51. The summed E-state index contributed by atoms with van der Waals surface area (Å²) < 4.78 is 34.9. The maximum atomic E-state index is 14.7. The molecule has 0 aliphatic heterocycles. The average Bonchev–Trinajstić information content (AvgIpc) is 3.35. The Bertz CT molecular complexity index is 1620. The van der Waals surface area contributed by atoms with Crippen LogP contribution >= 0.6 is 22.9 Å². The molecule has 2 heterocycles. The Morgan fingerprint density at radius 1 is 1.10 bits per heavy atom. The first-order valence-corrected chi connectivity index (χ1v) is 14.8. The van der Waals surface area contributed by atoms with E-state index in [4.69, 9.17) is 21.4 Å². The number of carbonyl (C=O) groups is 2. The molecule has 0 unspecified atom stereocenters. The molecular weight excluding hydrogens is 584 g/mol. The lowest BCUT2D eigenvalue weighted by atomic mass is 9.85. The molecule has 0 atom stereocenters. The fraction of sp³-hybridized carbons (Fsp3) is 0.323. The summed E-state index contributed by atoms with van der Waals surface area (Å²) in [5, 5.41) is 11.2. The number of benzene rings is 2. The number of aryl methyl sites for hydroxylation is 1. The van der Waals surface area contributed by atoms with Crippen LogP contribution in [0.25, 0.3) is 21.2 Å². The lowest BCUT2D eigenvalue weighted by Gasteiger charge is -2.37. The number of fused-ring (bicyclic) bond motifs is 1. The number of carboxylic acid groups (broad SMARTS) is 1. The molecule has 0 radical (unpaired) electrons. The minimum atomic E-state index is -1.07. The summed E-state index contributed by atoms with van der Waals surface area (Å²) in [5.41, 5.74) is 3.46. The van der Waals surface area contributed by atoms with Crippen molar-refractivity contribution in [3.63, 3.8) is 0 Å². The number of aromatic nitrogens is 1. The highest BCUT2D eigenvalue weighted by atomic mass is 35.5. The van der Waals surface area contributed by atoms with Crippen LogP contribution in [0.3, 0.4) is 0 Å². The van der Waals surface area contributed by atoms with Gasteiger partial charge in [-0.3, -0.25) is 9.78 Å². The molecule has 2 amide bonds. The Morgan fingerprint density at radius 3 is 2.45 bits per heavy atom. The minimum Gasteiger partial charge on any atom is -0.496 e. The number of rotatable bonds is 8. The van der Waals surface area contributed by atoms with Crippen LogP contribution in [0.5, 0.6) is 5.75 Å². The zero-order chi connectivity index (χ0) is 30.0. The van der Waals surface area contributed by atoms with E-state index in [9.17, 15) is 18.4 Å². The van der Waals surface area contributed by atoms with E-state index >= 15 is 0 Å². The largest absolute Gasteiger partial charge is 0.496 e. The number of ether oxygens (including phenoxy) is 1. The van der Waals surface area contributed by atoms with Crippen LogP contribution in [-0.2, 0) is 6.54 Å². The molecule has 2 aromatic carbocycles. The predicted octanol–water partition coefficient (Wildman–Crippen LogP) is 7.68. The van der Waals surface area contributed by atoms with Crippen molar-refractivity contribution in [2.75, 3.05) is 13.7 Å². The third kappa shape index (κ3) is 6.19. The van der Waals surface area contributed by atoms with E-state index in [1.54, 1.807) is 18.2 Å². The third-order valence-electron chi connectivity index (χ3n) is 7.80. The van der Waals surface area contributed by atoms with Gasteiger partial charge in [0.2, 0.25) is 0 Å². The highest BCUT2D eigenvalue weighted by Gasteiger charge is 2.33. The van der Waals surface area contributed by atoms with Gasteiger partial charge in [0.05, 0.1) is 22.2 Å². The molecule has 0 saturated heterocycles. The molecule has 1 saturated carbocycles. The summed E-state index contributed by atoms with van der Waals surface area (Å²) in [7, 11) is 1.56. The second-order valence-corrected chi connectivity index (χ2v) is 11.9. The van der Waals surface area contributed by atoms with Crippen molar-refractivity contribution < 1.29 is 28.2 Å². The summed E-state index contributed by atoms with van der Waals surface area (Å²) in [6, 6.07) is 11.5. The highest BCUT2D eigenvalue weighted by Crippen LogP contribution is 2.41. The molecule has 4 aromatic rings. The fourth-order valence-electron chi connectivity index (χ4n) is 5.53. The van der Waals surface area contributed by atoms with Crippen LogP contribution < -0.4 is 10.1 Å². The molecule has 5 rings (SSSR count). The zero-order valence-electron chi connectivity index (χ0n) is 23.1. The van der Waals surface area contributed by atoms with Crippen molar-refractivity contribution in [2.45, 2.75) is 45.2 Å². The van der Waals surface area contributed by atoms with Gasteiger partial charge < -0.3 is 20.1 Å². The average molecular weight is 614 g/mol. The van der Waals surface area contributed by atoms with E-state index in [0.29, 0.717) is 38.0 Å². The van der Waals surface area contributed by atoms with Gasteiger partial charge in [-0.2, -0.15) is 0 Å². The fourth-order valence-corrected chi connectivity index (χ4v) is 7.03. The van der Waals surface area contributed by atoms with Crippen LogP contribution in [0.2, 0.25) is 5.02 Å². The molecule has 7 nitrogen and oxygen atoms in total. The van der Waals surface area contributed by atoms with E-state index in [-0.39, 0.29) is 38.5 Å². The first kappa shape index (κ1) is 29.7. The molecular formula is C31H30ClF2N3O4S. The van der Waals surface area contributed by atoms with E-state index in [0.717, 1.165) is 45.9 Å². The van der Waals surface area contributed by atoms with E-state index in [1.165, 1.54) is 0 Å². The SMILES string of the molecule is COc1ccc(-c2ccc(C)nc2)cc1CN(C(=O)c1sc2c(F)ccc(F)c2c1Cl)C1CCC(CNC(=O)O)CC1. The lowest BCUT2D eigenvalue weighted by molar-refractivity contribution is 0.0592. The molecule has 220 valence electrons. The van der Waals surface area contributed by atoms with Crippen molar-refractivity contribution in [1.29, 1.82) is 0 Å². The second kappa shape index (κ2) is 12.6. The summed E-state index contributed by atoms with van der Waals surface area (Å²) in [5.74, 6) is -1.01. The Labute approximate surface area is 251 Å². The van der Waals surface area contributed by atoms with Crippen molar-refractivity contribution in [3.8, 4) is 16.9 Å². The van der Waals surface area contributed by atoms with Gasteiger partial charge in [0.15, 0.2) is 0 Å². The molecule has 1 aliphatic rings. The maximum Gasteiger partial charge on any atom is 0.404 e. The Kier molecular flexibility index (Phi) is 8.93. The van der Waals surface area contributed by atoms with E-state index in [2.05, 4.69) is 10.3 Å². The van der Waals surface area contributed by atoms with E-state index < -0.39 is 23.6 Å². The van der Waals surface area contributed by atoms with Gasteiger partial charge in [0.1, 0.15) is 22.3 Å². The number of hydrogen-bond acceptors (Lipinski definition) is 5. The molecule has 11 heteroatoms. The molecule has 1 aliphatic carbocycles. The van der Waals surface area contributed by atoms with Crippen molar-refractivity contribution >= 4 is 45.0 Å². The number of thiophene rings is 1. The van der Waals surface area contributed by atoms with Gasteiger partial charge in [-0.15, -0.1) is 11.3 Å². The first-order valence-electron chi connectivity index (χ1n) is 13.6. The van der Waals surface area contributed by atoms with Crippen molar-refractivity contribution in [1.82, 2.24) is 15.2 Å². The van der Waals surface area contributed by atoms with Crippen LogP contribution in [0, 0.1) is 24.5 Å². The predicted molar refractivity (Wildman–Crippen MR) is 159 cm³/mol. The first-order chi connectivity index (χ1) is 20.2. The molecule has 2 N–H and O–H groups in total. The number of hydrogen-bond donors (Lipinski definition) is 2. The van der Waals surface area contributed by atoms with Crippen LogP contribution in [0.4, 0.5) is 13.6 Å².